The minimum atomic E-state index is -0.469. The van der Waals surface area contributed by atoms with Gasteiger partial charge in [0.15, 0.2) is 0 Å². The first-order valence-electron chi connectivity index (χ1n) is 6.26. The van der Waals surface area contributed by atoms with E-state index in [1.54, 1.807) is 19.2 Å². The van der Waals surface area contributed by atoms with Crippen LogP contribution in [0.4, 0.5) is 5.69 Å². The van der Waals surface area contributed by atoms with Crippen LogP contribution in [0.3, 0.4) is 0 Å². The monoisotopic (exact) mass is 282 g/mol. The van der Waals surface area contributed by atoms with Gasteiger partial charge in [0.2, 0.25) is 5.91 Å². The number of carbonyl (C=O) groups is 1. The van der Waals surface area contributed by atoms with Gasteiger partial charge in [-0.05, 0) is 12.5 Å². The minimum Gasteiger partial charge on any atom is -0.493 e. The zero-order valence-electron chi connectivity index (χ0n) is 11.3. The lowest BCUT2D eigenvalue weighted by Crippen LogP contribution is -2.26. The summed E-state index contributed by atoms with van der Waals surface area (Å²) < 4.78 is 10.2. The van der Waals surface area contributed by atoms with Crippen LogP contribution in [-0.2, 0) is 9.53 Å². The van der Waals surface area contributed by atoms with E-state index in [9.17, 15) is 14.9 Å². The van der Waals surface area contributed by atoms with E-state index < -0.39 is 4.92 Å². The van der Waals surface area contributed by atoms with Crippen molar-refractivity contribution in [1.29, 1.82) is 0 Å². The Morgan fingerprint density at radius 2 is 2.20 bits per heavy atom. The summed E-state index contributed by atoms with van der Waals surface area (Å²) in [5, 5.41) is 13.3. The number of hydrogen-bond acceptors (Lipinski definition) is 5. The van der Waals surface area contributed by atoms with Gasteiger partial charge < -0.3 is 14.8 Å². The highest BCUT2D eigenvalue weighted by Gasteiger charge is 2.06. The Kier molecular flexibility index (Phi) is 7.05. The van der Waals surface area contributed by atoms with E-state index in [1.807, 2.05) is 0 Å². The van der Waals surface area contributed by atoms with Gasteiger partial charge in [0.1, 0.15) is 5.75 Å². The number of nitrogens with one attached hydrogen (secondary N) is 1. The second-order valence-electron chi connectivity index (χ2n) is 4.05. The molecule has 0 heterocycles. The van der Waals surface area contributed by atoms with Crippen molar-refractivity contribution in [3.05, 3.63) is 34.4 Å². The second kappa shape index (κ2) is 8.87. The summed E-state index contributed by atoms with van der Waals surface area (Å²) >= 11 is 0. The first kappa shape index (κ1) is 15.9. The van der Waals surface area contributed by atoms with Gasteiger partial charge in [-0.3, -0.25) is 14.9 Å². The van der Waals surface area contributed by atoms with Crippen LogP contribution in [0.15, 0.2) is 24.3 Å². The van der Waals surface area contributed by atoms with Crippen LogP contribution in [-0.4, -0.2) is 37.7 Å². The number of rotatable bonds is 9. The normalized spacial score (nSPS) is 10.1. The molecule has 0 aliphatic heterocycles. The number of amides is 1. The zero-order chi connectivity index (χ0) is 14.8. The molecule has 1 aromatic carbocycles. The number of methoxy groups -OCH3 is 1. The van der Waals surface area contributed by atoms with Crippen molar-refractivity contribution >= 4 is 11.6 Å². The van der Waals surface area contributed by atoms with Crippen LogP contribution >= 0.6 is 0 Å². The molecule has 0 aliphatic carbocycles. The minimum absolute atomic E-state index is 0.00429. The van der Waals surface area contributed by atoms with Gasteiger partial charge in [0.25, 0.3) is 5.69 Å². The summed E-state index contributed by atoms with van der Waals surface area (Å²) in [6.07, 6.45) is 0.962. The maximum absolute atomic E-state index is 11.2. The van der Waals surface area contributed by atoms with Crippen LogP contribution in [0.25, 0.3) is 0 Å². The quantitative estimate of drug-likeness (QED) is 0.421. The van der Waals surface area contributed by atoms with E-state index in [2.05, 4.69) is 5.32 Å². The number of carbonyl (C=O) groups excluding carboxylic acids is 1. The molecule has 1 rings (SSSR count). The first-order chi connectivity index (χ1) is 9.63. The average Bonchev–Trinajstić information content (AvgIpc) is 2.45. The number of hydrogen-bond donors (Lipinski definition) is 1. The number of nitrogens with zero attached hydrogens (tertiary/aromatic N) is 1. The van der Waals surface area contributed by atoms with Crippen LogP contribution in [0, 0.1) is 10.1 Å². The molecule has 1 amide bonds. The molecule has 0 saturated heterocycles. The largest absolute Gasteiger partial charge is 0.493 e. The highest BCUT2D eigenvalue weighted by Crippen LogP contribution is 2.18. The van der Waals surface area contributed by atoms with Gasteiger partial charge in [-0.2, -0.15) is 0 Å². The van der Waals surface area contributed by atoms with Gasteiger partial charge in [-0.1, -0.05) is 6.07 Å². The highest BCUT2D eigenvalue weighted by molar-refractivity contribution is 5.75. The number of nitro groups is 1. The third-order valence-corrected chi connectivity index (χ3v) is 2.47. The summed E-state index contributed by atoms with van der Waals surface area (Å²) in [5.74, 6) is 0.382. The van der Waals surface area contributed by atoms with E-state index in [0.29, 0.717) is 38.3 Å². The topological polar surface area (TPSA) is 90.7 Å². The predicted octanol–water partition coefficient (Wildman–Crippen LogP) is 1.52. The fourth-order valence-electron chi connectivity index (χ4n) is 1.46. The summed E-state index contributed by atoms with van der Waals surface area (Å²) in [7, 11) is 1.54. The Hall–Kier alpha value is -2.15. The highest BCUT2D eigenvalue weighted by atomic mass is 16.6. The lowest BCUT2D eigenvalue weighted by Gasteiger charge is -2.07. The molecule has 0 atom stereocenters. The molecule has 0 fully saturated rings. The first-order valence-corrected chi connectivity index (χ1v) is 6.26. The van der Waals surface area contributed by atoms with Crippen LogP contribution in [0.5, 0.6) is 5.75 Å². The summed E-state index contributed by atoms with van der Waals surface area (Å²) in [5.41, 5.74) is -0.00429. The Bertz CT molecular complexity index is 450. The van der Waals surface area contributed by atoms with Crippen LogP contribution in [0.2, 0.25) is 0 Å². The van der Waals surface area contributed by atoms with E-state index in [-0.39, 0.29) is 11.6 Å². The molecule has 1 aromatic rings. The SMILES string of the molecule is COCCC(=O)NCCCOc1cccc([N+](=O)[O-])c1. The Balaban J connectivity index is 2.19. The van der Waals surface area contributed by atoms with Gasteiger partial charge in [0, 0.05) is 26.1 Å². The van der Waals surface area contributed by atoms with Gasteiger partial charge >= 0.3 is 0 Å². The second-order valence-corrected chi connectivity index (χ2v) is 4.05. The van der Waals surface area contributed by atoms with Gasteiger partial charge in [0.05, 0.1) is 24.2 Å². The van der Waals surface area contributed by atoms with Crippen molar-refractivity contribution in [3.8, 4) is 5.75 Å². The fourth-order valence-corrected chi connectivity index (χ4v) is 1.46. The van der Waals surface area contributed by atoms with E-state index in [0.717, 1.165) is 0 Å². The average molecular weight is 282 g/mol. The molecule has 110 valence electrons. The molecule has 0 radical (unpaired) electrons. The third-order valence-electron chi connectivity index (χ3n) is 2.47. The lowest BCUT2D eigenvalue weighted by atomic mass is 10.3. The summed E-state index contributed by atoms with van der Waals surface area (Å²) in [4.78, 5) is 21.4. The molecule has 1 N–H and O–H groups in total. The van der Waals surface area contributed by atoms with E-state index >= 15 is 0 Å². The molecule has 0 aliphatic rings. The molecular formula is C13H18N2O5. The van der Waals surface area contributed by atoms with Crippen molar-refractivity contribution in [2.45, 2.75) is 12.8 Å². The Morgan fingerprint density at radius 3 is 2.90 bits per heavy atom. The fraction of sp³-hybridized carbons (Fsp3) is 0.462. The van der Waals surface area contributed by atoms with Crippen LogP contribution < -0.4 is 10.1 Å². The van der Waals surface area contributed by atoms with E-state index in [4.69, 9.17) is 9.47 Å². The number of ether oxygens (including phenoxy) is 2. The number of benzene rings is 1. The van der Waals surface area contributed by atoms with Crippen molar-refractivity contribution in [2.75, 3.05) is 26.9 Å². The molecule has 7 nitrogen and oxygen atoms in total. The molecule has 0 aromatic heterocycles. The maximum atomic E-state index is 11.2. The standard InChI is InChI=1S/C13H18N2O5/c1-19-9-6-13(16)14-7-3-8-20-12-5-2-4-11(10-12)15(17)18/h2,4-5,10H,3,6-9H2,1H3,(H,14,16). The molecule has 7 heteroatoms. The Labute approximate surface area is 117 Å². The summed E-state index contributed by atoms with van der Waals surface area (Å²) in [6, 6.07) is 6.00. The third kappa shape index (κ3) is 6.14. The molecule has 20 heavy (non-hydrogen) atoms. The van der Waals surface area contributed by atoms with Crippen molar-refractivity contribution < 1.29 is 19.2 Å². The maximum Gasteiger partial charge on any atom is 0.273 e. The lowest BCUT2D eigenvalue weighted by molar-refractivity contribution is -0.384. The summed E-state index contributed by atoms with van der Waals surface area (Å²) in [6.45, 7) is 1.28. The number of non-ortho nitro benzene ring substituents is 1. The molecule has 0 spiro atoms. The van der Waals surface area contributed by atoms with Crippen molar-refractivity contribution in [3.63, 3.8) is 0 Å². The number of nitro benzene ring substituents is 1. The van der Waals surface area contributed by atoms with E-state index in [1.165, 1.54) is 12.1 Å². The van der Waals surface area contributed by atoms with Crippen molar-refractivity contribution in [1.82, 2.24) is 5.32 Å². The smallest absolute Gasteiger partial charge is 0.273 e. The van der Waals surface area contributed by atoms with Crippen molar-refractivity contribution in [2.24, 2.45) is 0 Å². The predicted molar refractivity (Wildman–Crippen MR) is 72.7 cm³/mol. The molecular weight excluding hydrogens is 264 g/mol. The molecule has 0 saturated carbocycles. The molecule has 0 bridgehead atoms. The molecule has 0 unspecified atom stereocenters. The Morgan fingerprint density at radius 1 is 1.40 bits per heavy atom. The zero-order valence-corrected chi connectivity index (χ0v) is 11.3. The van der Waals surface area contributed by atoms with Crippen LogP contribution in [0.1, 0.15) is 12.8 Å². The van der Waals surface area contributed by atoms with Gasteiger partial charge in [-0.15, -0.1) is 0 Å². The van der Waals surface area contributed by atoms with Gasteiger partial charge in [-0.25, -0.2) is 0 Å².